The second-order valence-corrected chi connectivity index (χ2v) is 4.69. The molecule has 0 aromatic heterocycles. The molecule has 3 nitrogen and oxygen atoms in total. The largest absolute Gasteiger partial charge is 0.494 e. The highest BCUT2D eigenvalue weighted by atomic mass is 19.1. The second kappa shape index (κ2) is 6.16. The maximum atomic E-state index is 13.9. The lowest BCUT2D eigenvalue weighted by Gasteiger charge is -2.30. The first kappa shape index (κ1) is 14.9. The van der Waals surface area contributed by atoms with Gasteiger partial charge in [0.1, 0.15) is 0 Å². The Bertz CT molecular complexity index is 391. The fourth-order valence-electron chi connectivity index (χ4n) is 1.79. The van der Waals surface area contributed by atoms with Gasteiger partial charge in [-0.1, -0.05) is 12.1 Å². The molecule has 0 heterocycles. The summed E-state index contributed by atoms with van der Waals surface area (Å²) in [6.07, 6.45) is -0.588. The molecule has 0 aliphatic carbocycles. The quantitative estimate of drug-likeness (QED) is 0.850. The number of ether oxygens (including phenoxy) is 2. The average molecular weight is 256 g/mol. The number of rotatable bonds is 6. The van der Waals surface area contributed by atoms with Crippen LogP contribution < -0.4 is 4.74 Å². The summed E-state index contributed by atoms with van der Waals surface area (Å²) in [6.45, 7) is 5.95. The Morgan fingerprint density at radius 2 is 2.06 bits per heavy atom. The Morgan fingerprint density at radius 3 is 2.61 bits per heavy atom. The molecular weight excluding hydrogens is 235 g/mol. The Kier molecular flexibility index (Phi) is 5.11. The van der Waals surface area contributed by atoms with E-state index in [0.29, 0.717) is 12.2 Å². The van der Waals surface area contributed by atoms with Crippen LogP contribution in [0.15, 0.2) is 18.2 Å². The Morgan fingerprint density at radius 1 is 1.39 bits per heavy atom. The summed E-state index contributed by atoms with van der Waals surface area (Å²) in [4.78, 5) is 0. The van der Waals surface area contributed by atoms with Gasteiger partial charge in [0.15, 0.2) is 11.6 Å². The number of methoxy groups -OCH3 is 1. The van der Waals surface area contributed by atoms with Crippen molar-refractivity contribution < 1.29 is 19.0 Å². The number of benzene rings is 1. The van der Waals surface area contributed by atoms with Crippen LogP contribution in [0.2, 0.25) is 0 Å². The van der Waals surface area contributed by atoms with Crippen LogP contribution in [0.3, 0.4) is 0 Å². The van der Waals surface area contributed by atoms with Crippen LogP contribution in [0, 0.1) is 5.82 Å². The highest BCUT2D eigenvalue weighted by Crippen LogP contribution is 2.24. The van der Waals surface area contributed by atoms with Crippen LogP contribution in [0.5, 0.6) is 5.75 Å². The topological polar surface area (TPSA) is 38.7 Å². The molecule has 0 fully saturated rings. The first-order chi connectivity index (χ1) is 8.42. The standard InChI is InChI=1S/C14H21FO3/c1-5-18-14(2,3)12(16)9-10-7-6-8-11(17-4)13(10)15/h6-8,12,16H,5,9H2,1-4H3. The van der Waals surface area contributed by atoms with Gasteiger partial charge in [0.2, 0.25) is 0 Å². The van der Waals surface area contributed by atoms with E-state index in [-0.39, 0.29) is 12.2 Å². The lowest BCUT2D eigenvalue weighted by atomic mass is 9.94. The van der Waals surface area contributed by atoms with Gasteiger partial charge in [-0.15, -0.1) is 0 Å². The smallest absolute Gasteiger partial charge is 0.168 e. The van der Waals surface area contributed by atoms with Crippen molar-refractivity contribution in [3.63, 3.8) is 0 Å². The van der Waals surface area contributed by atoms with E-state index in [1.807, 2.05) is 6.92 Å². The summed E-state index contributed by atoms with van der Waals surface area (Å²) >= 11 is 0. The molecule has 0 radical (unpaired) electrons. The van der Waals surface area contributed by atoms with Crippen molar-refractivity contribution in [1.29, 1.82) is 0 Å². The third-order valence-electron chi connectivity index (χ3n) is 3.00. The normalized spacial score (nSPS) is 13.4. The van der Waals surface area contributed by atoms with E-state index >= 15 is 0 Å². The van der Waals surface area contributed by atoms with Crippen molar-refractivity contribution in [2.45, 2.75) is 38.9 Å². The van der Waals surface area contributed by atoms with Gasteiger partial charge in [-0.05, 0) is 32.4 Å². The maximum absolute atomic E-state index is 13.9. The monoisotopic (exact) mass is 256 g/mol. The molecule has 1 unspecified atom stereocenters. The Hall–Kier alpha value is -1.13. The van der Waals surface area contributed by atoms with Gasteiger partial charge >= 0.3 is 0 Å². The summed E-state index contributed by atoms with van der Waals surface area (Å²) in [5.41, 5.74) is -0.279. The predicted octanol–water partition coefficient (Wildman–Crippen LogP) is 2.55. The minimum absolute atomic E-state index is 0.189. The maximum Gasteiger partial charge on any atom is 0.168 e. The molecule has 1 N–H and O–H groups in total. The Labute approximate surface area is 108 Å². The lowest BCUT2D eigenvalue weighted by Crippen LogP contribution is -2.40. The molecule has 1 aromatic carbocycles. The minimum atomic E-state index is -0.779. The molecule has 4 heteroatoms. The van der Waals surface area contributed by atoms with E-state index in [9.17, 15) is 9.50 Å². The van der Waals surface area contributed by atoms with Crippen molar-refractivity contribution in [3.8, 4) is 5.75 Å². The summed E-state index contributed by atoms with van der Waals surface area (Å²) in [5, 5.41) is 10.1. The highest BCUT2D eigenvalue weighted by molar-refractivity contribution is 5.31. The third-order valence-corrected chi connectivity index (χ3v) is 3.00. The van der Waals surface area contributed by atoms with Gasteiger partial charge < -0.3 is 14.6 Å². The van der Waals surface area contributed by atoms with E-state index in [1.54, 1.807) is 32.0 Å². The molecule has 1 atom stereocenters. The van der Waals surface area contributed by atoms with Crippen LogP contribution in [0.1, 0.15) is 26.3 Å². The number of hydrogen-bond acceptors (Lipinski definition) is 3. The molecule has 102 valence electrons. The summed E-state index contributed by atoms with van der Waals surface area (Å²) < 4.78 is 24.3. The van der Waals surface area contributed by atoms with Gasteiger partial charge in [-0.3, -0.25) is 0 Å². The van der Waals surface area contributed by atoms with E-state index < -0.39 is 17.5 Å². The van der Waals surface area contributed by atoms with Gasteiger partial charge in [0, 0.05) is 13.0 Å². The Balaban J connectivity index is 2.85. The summed E-state index contributed by atoms with van der Waals surface area (Å²) in [7, 11) is 1.42. The molecule has 0 saturated carbocycles. The molecule has 0 amide bonds. The van der Waals surface area contributed by atoms with Crippen LogP contribution in [0.25, 0.3) is 0 Å². The molecule has 0 bridgehead atoms. The van der Waals surface area contributed by atoms with Crippen LogP contribution in [-0.2, 0) is 11.2 Å². The number of halogens is 1. The van der Waals surface area contributed by atoms with Crippen molar-refractivity contribution in [1.82, 2.24) is 0 Å². The molecule has 18 heavy (non-hydrogen) atoms. The first-order valence-corrected chi connectivity index (χ1v) is 6.05. The van der Waals surface area contributed by atoms with E-state index in [1.165, 1.54) is 7.11 Å². The second-order valence-electron chi connectivity index (χ2n) is 4.69. The van der Waals surface area contributed by atoms with Crippen molar-refractivity contribution in [2.75, 3.05) is 13.7 Å². The SMILES string of the molecule is CCOC(C)(C)C(O)Cc1cccc(OC)c1F. The van der Waals surface area contributed by atoms with E-state index in [0.717, 1.165) is 0 Å². The zero-order chi connectivity index (χ0) is 13.8. The minimum Gasteiger partial charge on any atom is -0.494 e. The molecule has 0 aliphatic heterocycles. The van der Waals surface area contributed by atoms with Crippen LogP contribution in [-0.4, -0.2) is 30.5 Å². The lowest BCUT2D eigenvalue weighted by molar-refractivity contribution is -0.0957. The molecule has 1 rings (SSSR count). The molecular formula is C14H21FO3. The third kappa shape index (κ3) is 3.43. The van der Waals surface area contributed by atoms with Crippen molar-refractivity contribution >= 4 is 0 Å². The fraction of sp³-hybridized carbons (Fsp3) is 0.571. The highest BCUT2D eigenvalue weighted by Gasteiger charge is 2.29. The predicted molar refractivity (Wildman–Crippen MR) is 68.4 cm³/mol. The fourth-order valence-corrected chi connectivity index (χ4v) is 1.79. The number of aliphatic hydroxyl groups excluding tert-OH is 1. The van der Waals surface area contributed by atoms with E-state index in [2.05, 4.69) is 0 Å². The number of hydrogen-bond donors (Lipinski definition) is 1. The summed E-state index contributed by atoms with van der Waals surface area (Å²) in [5.74, 6) is -0.236. The molecule has 0 saturated heterocycles. The zero-order valence-corrected chi connectivity index (χ0v) is 11.4. The van der Waals surface area contributed by atoms with Gasteiger partial charge in [0.25, 0.3) is 0 Å². The molecule has 1 aromatic rings. The first-order valence-electron chi connectivity index (χ1n) is 6.05. The molecule has 0 spiro atoms. The van der Waals surface area contributed by atoms with Gasteiger partial charge in [0.05, 0.1) is 18.8 Å². The van der Waals surface area contributed by atoms with Gasteiger partial charge in [-0.25, -0.2) is 4.39 Å². The van der Waals surface area contributed by atoms with Crippen molar-refractivity contribution in [2.24, 2.45) is 0 Å². The zero-order valence-electron chi connectivity index (χ0n) is 11.4. The van der Waals surface area contributed by atoms with Crippen LogP contribution >= 0.6 is 0 Å². The summed E-state index contributed by atoms with van der Waals surface area (Å²) in [6, 6.07) is 4.90. The van der Waals surface area contributed by atoms with Gasteiger partial charge in [-0.2, -0.15) is 0 Å². The molecule has 0 aliphatic rings. The number of aliphatic hydroxyl groups is 1. The average Bonchev–Trinajstić information content (AvgIpc) is 2.31. The van der Waals surface area contributed by atoms with Crippen LogP contribution in [0.4, 0.5) is 4.39 Å². The van der Waals surface area contributed by atoms with Crippen molar-refractivity contribution in [3.05, 3.63) is 29.6 Å². The van der Waals surface area contributed by atoms with E-state index in [4.69, 9.17) is 9.47 Å².